The fourth-order valence-corrected chi connectivity index (χ4v) is 2.57. The number of carbonyl (C=O) groups excluding carboxylic acids is 1. The molecule has 0 saturated heterocycles. The van der Waals surface area contributed by atoms with Crippen molar-refractivity contribution in [3.05, 3.63) is 41.7 Å². The monoisotopic (exact) mass is 315 g/mol. The van der Waals surface area contributed by atoms with E-state index in [9.17, 15) is 14.7 Å². The highest BCUT2D eigenvalue weighted by atomic mass is 16.5. The van der Waals surface area contributed by atoms with Crippen molar-refractivity contribution in [3.63, 3.8) is 0 Å². The predicted molar refractivity (Wildman–Crippen MR) is 83.2 cm³/mol. The Morgan fingerprint density at radius 3 is 2.70 bits per heavy atom. The van der Waals surface area contributed by atoms with Crippen LogP contribution in [0.15, 0.2) is 30.3 Å². The van der Waals surface area contributed by atoms with Crippen LogP contribution in [-0.4, -0.2) is 39.9 Å². The van der Waals surface area contributed by atoms with E-state index < -0.39 is 5.97 Å². The second-order valence-corrected chi connectivity index (χ2v) is 5.53. The SMILES string of the molecule is CC(C)n1nc(C(=O)N2CCOc3ccccc32)cc1C(=O)O. The van der Waals surface area contributed by atoms with Crippen molar-refractivity contribution in [2.45, 2.75) is 19.9 Å². The number of benzene rings is 1. The molecule has 1 aromatic heterocycles. The molecule has 1 N–H and O–H groups in total. The summed E-state index contributed by atoms with van der Waals surface area (Å²) in [6, 6.07) is 8.42. The van der Waals surface area contributed by atoms with Gasteiger partial charge in [0.25, 0.3) is 5.91 Å². The number of anilines is 1. The summed E-state index contributed by atoms with van der Waals surface area (Å²) in [4.78, 5) is 25.7. The lowest BCUT2D eigenvalue weighted by Gasteiger charge is -2.28. The Morgan fingerprint density at radius 2 is 2.04 bits per heavy atom. The highest BCUT2D eigenvalue weighted by molar-refractivity contribution is 6.06. The Morgan fingerprint density at radius 1 is 1.30 bits per heavy atom. The number of rotatable bonds is 3. The normalized spacial score (nSPS) is 13.6. The Kier molecular flexibility index (Phi) is 3.77. The van der Waals surface area contributed by atoms with E-state index >= 15 is 0 Å². The summed E-state index contributed by atoms with van der Waals surface area (Å²) >= 11 is 0. The number of aromatic carboxylic acids is 1. The predicted octanol–water partition coefficient (Wildman–Crippen LogP) is 2.20. The van der Waals surface area contributed by atoms with E-state index in [1.54, 1.807) is 17.0 Å². The molecule has 23 heavy (non-hydrogen) atoms. The molecule has 3 rings (SSSR count). The Bertz CT molecular complexity index is 766. The molecule has 0 fully saturated rings. The molecule has 0 saturated carbocycles. The van der Waals surface area contributed by atoms with Gasteiger partial charge in [0.15, 0.2) is 5.69 Å². The summed E-state index contributed by atoms with van der Waals surface area (Å²) in [5.41, 5.74) is 0.789. The molecule has 0 atom stereocenters. The molecule has 7 nitrogen and oxygen atoms in total. The average Bonchev–Trinajstić information content (AvgIpc) is 2.99. The van der Waals surface area contributed by atoms with Gasteiger partial charge in [-0.2, -0.15) is 5.10 Å². The minimum Gasteiger partial charge on any atom is -0.490 e. The first-order valence-electron chi connectivity index (χ1n) is 7.35. The Hall–Kier alpha value is -2.83. The zero-order valence-corrected chi connectivity index (χ0v) is 12.9. The first-order valence-corrected chi connectivity index (χ1v) is 7.35. The molecule has 1 aliphatic heterocycles. The maximum Gasteiger partial charge on any atom is 0.354 e. The second-order valence-electron chi connectivity index (χ2n) is 5.53. The minimum absolute atomic E-state index is 0.00453. The molecule has 1 amide bonds. The largest absolute Gasteiger partial charge is 0.490 e. The molecule has 7 heteroatoms. The third kappa shape index (κ3) is 2.65. The third-order valence-corrected chi connectivity index (χ3v) is 3.64. The summed E-state index contributed by atoms with van der Waals surface area (Å²) in [6.07, 6.45) is 0. The fourth-order valence-electron chi connectivity index (χ4n) is 2.57. The van der Waals surface area contributed by atoms with Crippen LogP contribution in [0.2, 0.25) is 0 Å². The standard InChI is InChI=1S/C16H17N3O4/c1-10(2)19-13(16(21)22)9-11(17-19)15(20)18-7-8-23-14-6-4-3-5-12(14)18/h3-6,9-10H,7-8H2,1-2H3,(H,21,22). The molecule has 0 unspecified atom stereocenters. The zero-order valence-electron chi connectivity index (χ0n) is 12.9. The summed E-state index contributed by atoms with van der Waals surface area (Å²) in [7, 11) is 0. The minimum atomic E-state index is -1.10. The number of carbonyl (C=O) groups is 2. The van der Waals surface area contributed by atoms with Gasteiger partial charge in [-0.15, -0.1) is 0 Å². The van der Waals surface area contributed by atoms with Crippen LogP contribution in [0.25, 0.3) is 0 Å². The van der Waals surface area contributed by atoms with E-state index in [4.69, 9.17) is 4.74 Å². The highest BCUT2D eigenvalue weighted by Crippen LogP contribution is 2.32. The van der Waals surface area contributed by atoms with Gasteiger partial charge in [-0.25, -0.2) is 4.79 Å². The lowest BCUT2D eigenvalue weighted by molar-refractivity contribution is 0.0681. The molecule has 1 aromatic carbocycles. The molecule has 1 aliphatic rings. The van der Waals surface area contributed by atoms with Gasteiger partial charge in [0, 0.05) is 12.1 Å². The molecular formula is C16H17N3O4. The van der Waals surface area contributed by atoms with Gasteiger partial charge in [0.2, 0.25) is 0 Å². The Labute approximate surface area is 133 Å². The molecule has 2 aromatic rings. The van der Waals surface area contributed by atoms with E-state index in [1.165, 1.54) is 10.7 Å². The van der Waals surface area contributed by atoms with Gasteiger partial charge >= 0.3 is 5.97 Å². The Balaban J connectivity index is 1.99. The van der Waals surface area contributed by atoms with Crippen molar-refractivity contribution < 1.29 is 19.4 Å². The van der Waals surface area contributed by atoms with Gasteiger partial charge in [-0.1, -0.05) is 12.1 Å². The molecular weight excluding hydrogens is 298 g/mol. The van der Waals surface area contributed by atoms with Gasteiger partial charge in [-0.3, -0.25) is 9.48 Å². The summed E-state index contributed by atoms with van der Waals surface area (Å²) in [6.45, 7) is 4.42. The zero-order chi connectivity index (χ0) is 16.6. The van der Waals surface area contributed by atoms with Crippen LogP contribution in [-0.2, 0) is 0 Å². The number of fused-ring (bicyclic) bond motifs is 1. The quantitative estimate of drug-likeness (QED) is 0.938. The van der Waals surface area contributed by atoms with Crippen molar-refractivity contribution in [2.24, 2.45) is 0 Å². The number of aromatic nitrogens is 2. The number of amides is 1. The number of nitrogens with zero attached hydrogens (tertiary/aromatic N) is 3. The lowest BCUT2D eigenvalue weighted by Crippen LogP contribution is -2.38. The van der Waals surface area contributed by atoms with Crippen LogP contribution in [0.4, 0.5) is 5.69 Å². The average molecular weight is 315 g/mol. The molecule has 0 aliphatic carbocycles. The lowest BCUT2D eigenvalue weighted by atomic mass is 10.2. The fraction of sp³-hybridized carbons (Fsp3) is 0.312. The van der Waals surface area contributed by atoms with E-state index in [0.29, 0.717) is 24.6 Å². The van der Waals surface area contributed by atoms with Crippen LogP contribution in [0.1, 0.15) is 40.9 Å². The number of carboxylic acids is 1. The number of para-hydroxylation sites is 2. The van der Waals surface area contributed by atoms with Gasteiger partial charge in [0.1, 0.15) is 18.1 Å². The number of ether oxygens (including phenoxy) is 1. The molecule has 120 valence electrons. The maximum atomic E-state index is 12.8. The van der Waals surface area contributed by atoms with E-state index in [2.05, 4.69) is 5.10 Å². The molecule has 2 heterocycles. The van der Waals surface area contributed by atoms with Crippen LogP contribution < -0.4 is 9.64 Å². The molecule has 0 spiro atoms. The summed E-state index contributed by atoms with van der Waals surface area (Å²) in [5.74, 6) is -0.802. The van der Waals surface area contributed by atoms with E-state index in [0.717, 1.165) is 0 Å². The number of hydrogen-bond donors (Lipinski definition) is 1. The smallest absolute Gasteiger partial charge is 0.354 e. The van der Waals surface area contributed by atoms with Crippen molar-refractivity contribution in [1.29, 1.82) is 0 Å². The van der Waals surface area contributed by atoms with Crippen molar-refractivity contribution in [2.75, 3.05) is 18.1 Å². The second kappa shape index (κ2) is 5.75. The summed E-state index contributed by atoms with van der Waals surface area (Å²) in [5, 5.41) is 13.5. The van der Waals surface area contributed by atoms with Crippen molar-refractivity contribution in [1.82, 2.24) is 9.78 Å². The van der Waals surface area contributed by atoms with Crippen LogP contribution in [0, 0.1) is 0 Å². The van der Waals surface area contributed by atoms with Gasteiger partial charge < -0.3 is 14.7 Å². The van der Waals surface area contributed by atoms with Gasteiger partial charge in [0.05, 0.1) is 12.2 Å². The maximum absolute atomic E-state index is 12.8. The van der Waals surface area contributed by atoms with Crippen molar-refractivity contribution >= 4 is 17.6 Å². The van der Waals surface area contributed by atoms with Gasteiger partial charge in [-0.05, 0) is 26.0 Å². The molecule has 0 bridgehead atoms. The van der Waals surface area contributed by atoms with E-state index in [1.807, 2.05) is 26.0 Å². The summed E-state index contributed by atoms with van der Waals surface area (Å²) < 4.78 is 6.88. The first kappa shape index (κ1) is 15.1. The topological polar surface area (TPSA) is 84.7 Å². The third-order valence-electron chi connectivity index (χ3n) is 3.64. The van der Waals surface area contributed by atoms with Crippen LogP contribution in [0.5, 0.6) is 5.75 Å². The van der Waals surface area contributed by atoms with Crippen molar-refractivity contribution in [3.8, 4) is 5.75 Å². The van der Waals surface area contributed by atoms with Crippen LogP contribution >= 0.6 is 0 Å². The number of hydrogen-bond acceptors (Lipinski definition) is 4. The molecule has 0 radical (unpaired) electrons. The first-order chi connectivity index (χ1) is 11.0. The number of carboxylic acid groups (broad SMARTS) is 1. The highest BCUT2D eigenvalue weighted by Gasteiger charge is 2.28. The van der Waals surface area contributed by atoms with Crippen LogP contribution in [0.3, 0.4) is 0 Å². The van der Waals surface area contributed by atoms with E-state index in [-0.39, 0.29) is 23.3 Å².